The summed E-state index contributed by atoms with van der Waals surface area (Å²) in [5.41, 5.74) is -0.783. The van der Waals surface area contributed by atoms with Gasteiger partial charge in [0.25, 0.3) is 0 Å². The number of nitrogens with one attached hydrogen (secondary N) is 1. The first-order valence-electron chi connectivity index (χ1n) is 8.48. The van der Waals surface area contributed by atoms with E-state index >= 15 is 0 Å². The lowest BCUT2D eigenvalue weighted by molar-refractivity contribution is -0.141. The van der Waals surface area contributed by atoms with Crippen LogP contribution >= 0.6 is 0 Å². The molecule has 2 aromatic rings. The van der Waals surface area contributed by atoms with Crippen LogP contribution in [0.4, 0.5) is 13.2 Å². The summed E-state index contributed by atoms with van der Waals surface area (Å²) < 4.78 is 40.2. The summed E-state index contributed by atoms with van der Waals surface area (Å²) >= 11 is 0. The summed E-state index contributed by atoms with van der Waals surface area (Å²) in [6, 6.07) is 0. The third-order valence-corrected chi connectivity index (χ3v) is 4.67. The Morgan fingerprint density at radius 2 is 2.08 bits per heavy atom. The second-order valence-electron chi connectivity index (χ2n) is 6.94. The summed E-state index contributed by atoms with van der Waals surface area (Å²) in [5, 5.41) is 8.50. The molecule has 1 aliphatic heterocycles. The summed E-state index contributed by atoms with van der Waals surface area (Å²) in [5.74, 6) is 2.49. The average Bonchev–Trinajstić information content (AvgIpc) is 3.15. The van der Waals surface area contributed by atoms with Crippen LogP contribution in [0.5, 0.6) is 0 Å². The van der Waals surface area contributed by atoms with Crippen molar-refractivity contribution in [2.24, 2.45) is 7.05 Å². The number of halogens is 3. The normalized spacial score (nSPS) is 19.7. The number of rotatable bonds is 4. The van der Waals surface area contributed by atoms with Crippen LogP contribution < -0.4 is 0 Å². The minimum absolute atomic E-state index is 0.0253. The first-order chi connectivity index (χ1) is 11.8. The first kappa shape index (κ1) is 17.9. The average molecular weight is 356 g/mol. The van der Waals surface area contributed by atoms with E-state index in [-0.39, 0.29) is 5.92 Å². The van der Waals surface area contributed by atoms with Crippen LogP contribution in [0.25, 0.3) is 0 Å². The molecule has 0 unspecified atom stereocenters. The van der Waals surface area contributed by atoms with Crippen LogP contribution in [0.3, 0.4) is 0 Å². The topological polar surface area (TPSA) is 62.6 Å². The largest absolute Gasteiger partial charge is 0.432 e. The lowest BCUT2D eigenvalue weighted by atomic mass is 9.97. The number of hydrogen-bond acceptors (Lipinski definition) is 4. The van der Waals surface area contributed by atoms with E-state index in [2.05, 4.69) is 38.9 Å². The number of piperidine rings is 1. The van der Waals surface area contributed by atoms with Gasteiger partial charge in [0.1, 0.15) is 23.2 Å². The molecule has 0 bridgehead atoms. The molecule has 6 nitrogen and oxygen atoms in total. The molecule has 1 saturated heterocycles. The van der Waals surface area contributed by atoms with Gasteiger partial charge in [0.2, 0.25) is 0 Å². The van der Waals surface area contributed by atoms with Gasteiger partial charge in [-0.15, -0.1) is 10.2 Å². The Morgan fingerprint density at radius 1 is 1.32 bits per heavy atom. The lowest BCUT2D eigenvalue weighted by Crippen LogP contribution is -2.35. The molecule has 1 N–H and O–H groups in total. The highest BCUT2D eigenvalue weighted by molar-refractivity contribution is 5.10. The molecular formula is C16H23F3N6. The smallest absolute Gasteiger partial charge is 0.338 e. The number of imidazole rings is 1. The van der Waals surface area contributed by atoms with Crippen LogP contribution in [0.15, 0.2) is 6.20 Å². The Hall–Kier alpha value is -1.90. The fraction of sp³-hybridized carbons (Fsp3) is 0.688. The van der Waals surface area contributed by atoms with Gasteiger partial charge < -0.3 is 9.55 Å². The predicted molar refractivity (Wildman–Crippen MR) is 85.9 cm³/mol. The summed E-state index contributed by atoms with van der Waals surface area (Å²) in [7, 11) is 1.95. The summed E-state index contributed by atoms with van der Waals surface area (Å²) in [4.78, 5) is 8.61. The second-order valence-corrected chi connectivity index (χ2v) is 6.94. The van der Waals surface area contributed by atoms with Gasteiger partial charge in [0.15, 0.2) is 0 Å². The minimum atomic E-state index is -4.38. The zero-order valence-corrected chi connectivity index (χ0v) is 14.6. The quantitative estimate of drug-likeness (QED) is 0.915. The second kappa shape index (κ2) is 6.78. The Labute approximate surface area is 144 Å². The molecule has 2 aromatic heterocycles. The molecule has 0 spiro atoms. The van der Waals surface area contributed by atoms with Crippen molar-refractivity contribution in [1.82, 2.24) is 29.6 Å². The molecule has 25 heavy (non-hydrogen) atoms. The van der Waals surface area contributed by atoms with Crippen molar-refractivity contribution in [3.8, 4) is 0 Å². The maximum Gasteiger partial charge on any atom is 0.432 e. The standard InChI is InChI=1S/C16H23F3N6/c1-10(2)15-23-22-13(24(15)3)9-25-6-4-5-11(8-25)14-20-7-12(21-14)16(17,18)19/h7,10-11H,4-6,8-9H2,1-3H3,(H,20,21)/t11-/m1/s1. The van der Waals surface area contributed by atoms with Crippen molar-refractivity contribution in [2.45, 2.75) is 51.2 Å². The molecule has 0 amide bonds. The van der Waals surface area contributed by atoms with E-state index in [0.29, 0.717) is 24.8 Å². The van der Waals surface area contributed by atoms with E-state index in [1.165, 1.54) is 0 Å². The van der Waals surface area contributed by atoms with Crippen LogP contribution in [-0.4, -0.2) is 42.7 Å². The van der Waals surface area contributed by atoms with Crippen molar-refractivity contribution < 1.29 is 13.2 Å². The molecule has 0 saturated carbocycles. The Morgan fingerprint density at radius 3 is 2.68 bits per heavy atom. The maximum atomic E-state index is 12.7. The number of hydrogen-bond donors (Lipinski definition) is 1. The third kappa shape index (κ3) is 3.86. The third-order valence-electron chi connectivity index (χ3n) is 4.67. The van der Waals surface area contributed by atoms with E-state index in [1.807, 2.05) is 11.6 Å². The number of nitrogens with zero attached hydrogens (tertiary/aromatic N) is 5. The van der Waals surface area contributed by atoms with Crippen molar-refractivity contribution in [3.63, 3.8) is 0 Å². The van der Waals surface area contributed by atoms with Crippen molar-refractivity contribution >= 4 is 0 Å². The number of likely N-dealkylation sites (tertiary alicyclic amines) is 1. The lowest BCUT2D eigenvalue weighted by Gasteiger charge is -2.31. The maximum absolute atomic E-state index is 12.7. The summed E-state index contributed by atoms with van der Waals surface area (Å²) in [6.45, 7) is 6.33. The molecule has 1 atom stereocenters. The summed E-state index contributed by atoms with van der Waals surface area (Å²) in [6.07, 6.45) is -1.75. The number of alkyl halides is 3. The van der Waals surface area contributed by atoms with Gasteiger partial charge in [0.05, 0.1) is 12.7 Å². The van der Waals surface area contributed by atoms with Crippen LogP contribution in [-0.2, 0) is 19.8 Å². The van der Waals surface area contributed by atoms with E-state index < -0.39 is 11.9 Å². The Balaban J connectivity index is 1.68. The van der Waals surface area contributed by atoms with E-state index in [0.717, 1.165) is 37.2 Å². The molecule has 138 valence electrons. The molecule has 0 aliphatic carbocycles. The van der Waals surface area contributed by atoms with Gasteiger partial charge in [-0.05, 0) is 19.4 Å². The molecule has 0 radical (unpaired) electrons. The Bertz CT molecular complexity index is 718. The van der Waals surface area contributed by atoms with Gasteiger partial charge in [0, 0.05) is 25.4 Å². The Kier molecular flexibility index (Phi) is 4.86. The highest BCUT2D eigenvalue weighted by Gasteiger charge is 2.34. The molecular weight excluding hydrogens is 333 g/mol. The molecule has 1 aliphatic rings. The van der Waals surface area contributed by atoms with Crippen molar-refractivity contribution in [2.75, 3.05) is 13.1 Å². The van der Waals surface area contributed by atoms with Gasteiger partial charge in [-0.3, -0.25) is 4.90 Å². The highest BCUT2D eigenvalue weighted by Crippen LogP contribution is 2.31. The molecule has 0 aromatic carbocycles. The van der Waals surface area contributed by atoms with Crippen LogP contribution in [0.1, 0.15) is 61.7 Å². The van der Waals surface area contributed by atoms with Gasteiger partial charge in [-0.1, -0.05) is 13.8 Å². The fourth-order valence-electron chi connectivity index (χ4n) is 3.33. The van der Waals surface area contributed by atoms with Crippen LogP contribution in [0.2, 0.25) is 0 Å². The highest BCUT2D eigenvalue weighted by atomic mass is 19.4. The molecule has 3 heterocycles. The fourth-order valence-corrected chi connectivity index (χ4v) is 3.33. The zero-order valence-electron chi connectivity index (χ0n) is 14.6. The van der Waals surface area contributed by atoms with Crippen molar-refractivity contribution in [3.05, 3.63) is 29.4 Å². The first-order valence-corrected chi connectivity index (χ1v) is 8.48. The number of aromatic amines is 1. The number of aromatic nitrogens is 5. The predicted octanol–water partition coefficient (Wildman–Crippen LogP) is 3.06. The van der Waals surface area contributed by atoms with Crippen LogP contribution in [0, 0.1) is 0 Å². The van der Waals surface area contributed by atoms with Crippen molar-refractivity contribution in [1.29, 1.82) is 0 Å². The van der Waals surface area contributed by atoms with E-state index in [1.54, 1.807) is 0 Å². The SMILES string of the molecule is CC(C)c1nnc(CN2CCC[C@@H](c3ncc(C(F)(F)F)[nH]3)C2)n1C. The molecule has 3 rings (SSSR count). The molecule has 1 fully saturated rings. The van der Waals surface area contributed by atoms with E-state index in [9.17, 15) is 13.2 Å². The molecule has 9 heteroatoms. The monoisotopic (exact) mass is 356 g/mol. The minimum Gasteiger partial charge on any atom is -0.338 e. The number of H-pyrrole nitrogens is 1. The van der Waals surface area contributed by atoms with Gasteiger partial charge in [-0.2, -0.15) is 13.2 Å². The van der Waals surface area contributed by atoms with Gasteiger partial charge in [-0.25, -0.2) is 4.98 Å². The van der Waals surface area contributed by atoms with E-state index in [4.69, 9.17) is 0 Å². The zero-order chi connectivity index (χ0) is 18.2. The van der Waals surface area contributed by atoms with Gasteiger partial charge >= 0.3 is 6.18 Å².